The van der Waals surface area contributed by atoms with Gasteiger partial charge in [0.2, 0.25) is 5.95 Å². The van der Waals surface area contributed by atoms with Gasteiger partial charge in [-0.05, 0) is 74.1 Å². The summed E-state index contributed by atoms with van der Waals surface area (Å²) < 4.78 is 29.3. The van der Waals surface area contributed by atoms with E-state index in [2.05, 4.69) is 30.4 Å². The quantitative estimate of drug-likeness (QED) is 0.262. The molecule has 2 aromatic heterocycles. The van der Waals surface area contributed by atoms with E-state index in [1.807, 2.05) is 30.7 Å². The number of aryl methyl sites for hydroxylation is 1. The van der Waals surface area contributed by atoms with Gasteiger partial charge >= 0.3 is 0 Å². The Morgan fingerprint density at radius 2 is 1.69 bits per heavy atom. The molecule has 3 N–H and O–H groups in total. The molecule has 36 heavy (non-hydrogen) atoms. The van der Waals surface area contributed by atoms with Crippen molar-refractivity contribution in [1.82, 2.24) is 19.7 Å². The van der Waals surface area contributed by atoms with Crippen LogP contribution >= 0.6 is 35.4 Å². The first-order valence-electron chi connectivity index (χ1n) is 10.6. The van der Waals surface area contributed by atoms with Crippen molar-refractivity contribution in [1.29, 1.82) is 0 Å². The van der Waals surface area contributed by atoms with E-state index in [1.165, 1.54) is 24.5 Å². The summed E-state index contributed by atoms with van der Waals surface area (Å²) in [4.78, 5) is 7.82. The first kappa shape index (κ1) is 25.8. The Morgan fingerprint density at radius 1 is 1.00 bits per heavy atom. The monoisotopic (exact) mass is 561 g/mol. The van der Waals surface area contributed by atoms with Gasteiger partial charge in [-0.25, -0.2) is 23.1 Å². The number of rotatable bonds is 7. The molecule has 0 aliphatic rings. The minimum absolute atomic E-state index is 0.00414. The lowest BCUT2D eigenvalue weighted by Crippen LogP contribution is -2.20. The number of nitrogens with zero attached hydrogens (tertiary/aromatic N) is 4. The highest BCUT2D eigenvalue weighted by molar-refractivity contribution is 7.92. The van der Waals surface area contributed by atoms with Gasteiger partial charge in [-0.2, -0.15) is 5.10 Å². The van der Waals surface area contributed by atoms with Crippen LogP contribution in [-0.4, -0.2) is 33.3 Å². The van der Waals surface area contributed by atoms with Crippen molar-refractivity contribution < 1.29 is 8.42 Å². The molecule has 0 radical (unpaired) electrons. The first-order valence-corrected chi connectivity index (χ1v) is 13.2. The molecule has 4 rings (SSSR count). The van der Waals surface area contributed by atoms with Crippen LogP contribution in [0.1, 0.15) is 17.0 Å². The van der Waals surface area contributed by atoms with Crippen LogP contribution in [0, 0.1) is 13.8 Å². The third-order valence-electron chi connectivity index (χ3n) is 5.15. The Hall–Kier alpha value is -3.25. The highest BCUT2D eigenvalue weighted by Gasteiger charge is 2.16. The second-order valence-electron chi connectivity index (χ2n) is 7.73. The summed E-state index contributed by atoms with van der Waals surface area (Å²) in [6, 6.07) is 13.2. The molecule has 4 aromatic rings. The Kier molecular flexibility index (Phi) is 7.74. The fourth-order valence-electron chi connectivity index (χ4n) is 3.37. The zero-order valence-corrected chi connectivity index (χ0v) is 22.3. The van der Waals surface area contributed by atoms with E-state index in [4.69, 9.17) is 35.4 Å². The van der Waals surface area contributed by atoms with E-state index in [-0.39, 0.29) is 10.8 Å². The van der Waals surface area contributed by atoms with Crippen LogP contribution in [0.25, 0.3) is 0 Å². The van der Waals surface area contributed by atoms with Crippen LogP contribution in [0.4, 0.5) is 17.3 Å². The van der Waals surface area contributed by atoms with Crippen LogP contribution in [0.3, 0.4) is 0 Å². The molecule has 2 heterocycles. The van der Waals surface area contributed by atoms with Gasteiger partial charge in [0.1, 0.15) is 0 Å². The van der Waals surface area contributed by atoms with Crippen molar-refractivity contribution in [3.63, 3.8) is 0 Å². The van der Waals surface area contributed by atoms with E-state index in [9.17, 15) is 8.42 Å². The normalized spacial score (nSPS) is 11.2. The maximum Gasteiger partial charge on any atom is 0.264 e. The average molecular weight is 563 g/mol. The van der Waals surface area contributed by atoms with E-state index in [0.717, 1.165) is 22.6 Å². The molecular weight excluding hydrogens is 541 g/mol. The van der Waals surface area contributed by atoms with E-state index in [1.54, 1.807) is 24.3 Å². The number of anilines is 3. The highest BCUT2D eigenvalue weighted by Crippen LogP contribution is 2.25. The number of aromatic nitrogens is 4. The zero-order valence-electron chi connectivity index (χ0n) is 19.2. The maximum absolute atomic E-state index is 12.5. The van der Waals surface area contributed by atoms with Gasteiger partial charge in [0.05, 0.1) is 38.6 Å². The van der Waals surface area contributed by atoms with Crippen LogP contribution in [0.15, 0.2) is 65.8 Å². The van der Waals surface area contributed by atoms with Crippen molar-refractivity contribution in [3.8, 4) is 0 Å². The Bertz CT molecular complexity index is 1510. The van der Waals surface area contributed by atoms with Gasteiger partial charge in [0.25, 0.3) is 10.0 Å². The molecule has 0 aliphatic heterocycles. The van der Waals surface area contributed by atoms with Crippen molar-refractivity contribution in [2.24, 2.45) is 0 Å². The summed E-state index contributed by atoms with van der Waals surface area (Å²) in [5.41, 5.74) is 4.01. The van der Waals surface area contributed by atoms with E-state index >= 15 is 0 Å². The molecule has 0 aliphatic carbocycles. The van der Waals surface area contributed by atoms with Crippen LogP contribution in [0.2, 0.25) is 10.0 Å². The topological polar surface area (TPSA) is 114 Å². The fourth-order valence-corrected chi connectivity index (χ4v) is 4.87. The van der Waals surface area contributed by atoms with Gasteiger partial charge in [-0.1, -0.05) is 29.3 Å². The highest BCUT2D eigenvalue weighted by atomic mass is 35.5. The summed E-state index contributed by atoms with van der Waals surface area (Å²) in [5.74, 6) is -0.00414. The lowest BCUT2D eigenvalue weighted by Gasteiger charge is -2.12. The van der Waals surface area contributed by atoms with Gasteiger partial charge in [0, 0.05) is 18.1 Å². The molecule has 0 saturated carbocycles. The van der Waals surface area contributed by atoms with Gasteiger partial charge in [-0.3, -0.25) is 4.68 Å². The zero-order chi connectivity index (χ0) is 25.9. The minimum Gasteiger partial charge on any atom is -0.332 e. The third kappa shape index (κ3) is 6.11. The van der Waals surface area contributed by atoms with Crippen molar-refractivity contribution in [3.05, 3.63) is 87.9 Å². The molecule has 0 amide bonds. The predicted molar refractivity (Wildman–Crippen MR) is 146 cm³/mol. The number of hydrogen-bond donors (Lipinski definition) is 3. The number of nitrogens with one attached hydrogen (secondary N) is 3. The van der Waals surface area contributed by atoms with E-state index in [0.29, 0.717) is 27.4 Å². The molecule has 0 saturated heterocycles. The first-order chi connectivity index (χ1) is 17.1. The largest absolute Gasteiger partial charge is 0.332 e. The van der Waals surface area contributed by atoms with Crippen LogP contribution in [0.5, 0.6) is 0 Å². The molecule has 0 bridgehead atoms. The lowest BCUT2D eigenvalue weighted by molar-refractivity contribution is 0.601. The summed E-state index contributed by atoms with van der Waals surface area (Å²) in [6.07, 6.45) is 2.90. The molecule has 9 nitrogen and oxygen atoms in total. The molecule has 0 spiro atoms. The molecule has 0 unspecified atom stereocenters. The predicted octanol–water partition coefficient (Wildman–Crippen LogP) is 5.25. The lowest BCUT2D eigenvalue weighted by atomic mass is 10.2. The second kappa shape index (κ2) is 10.8. The summed E-state index contributed by atoms with van der Waals surface area (Å²) in [5, 5.41) is 12.2. The van der Waals surface area contributed by atoms with E-state index < -0.39 is 10.0 Å². The number of thiocarbonyl (C=S) groups is 1. The number of halogens is 2. The minimum atomic E-state index is -3.82. The Balaban J connectivity index is 1.41. The van der Waals surface area contributed by atoms with Gasteiger partial charge in [-0.15, -0.1) is 0 Å². The van der Waals surface area contributed by atoms with Crippen LogP contribution in [-0.2, 0) is 16.6 Å². The summed E-state index contributed by atoms with van der Waals surface area (Å²) >= 11 is 17.6. The summed E-state index contributed by atoms with van der Waals surface area (Å²) in [7, 11) is -3.82. The van der Waals surface area contributed by atoms with Crippen LogP contribution < -0.4 is 15.4 Å². The average Bonchev–Trinajstić information content (AvgIpc) is 3.09. The molecule has 0 atom stereocenters. The molecule has 13 heteroatoms. The maximum atomic E-state index is 12.5. The smallest absolute Gasteiger partial charge is 0.264 e. The molecular formula is C23H21Cl2N7O2S2. The number of hydrogen-bond acceptors (Lipinski definition) is 6. The number of benzene rings is 2. The van der Waals surface area contributed by atoms with Gasteiger partial charge < -0.3 is 10.6 Å². The Morgan fingerprint density at radius 3 is 2.36 bits per heavy atom. The van der Waals surface area contributed by atoms with Crippen molar-refractivity contribution in [2.75, 3.05) is 15.4 Å². The van der Waals surface area contributed by atoms with Crippen molar-refractivity contribution in [2.45, 2.75) is 25.3 Å². The third-order valence-corrected chi connectivity index (χ3v) is 7.44. The summed E-state index contributed by atoms with van der Waals surface area (Å²) in [6.45, 7) is 4.33. The molecule has 186 valence electrons. The van der Waals surface area contributed by atoms with Gasteiger partial charge in [0.15, 0.2) is 5.11 Å². The second-order valence-corrected chi connectivity index (χ2v) is 10.6. The fraction of sp³-hybridized carbons (Fsp3) is 0.130. The Labute approximate surface area is 223 Å². The molecule has 2 aromatic carbocycles. The number of sulfonamides is 1. The molecule has 0 fully saturated rings. The standard InChI is InChI=1S/C23H21Cl2N7O2S2/c1-14-21(15(2)32(30-14)13-16-4-9-19(24)20(25)12-16)29-23(35)28-17-5-7-18(8-6-17)36(33,34)31-22-26-10-3-11-27-22/h3-12H,13H2,1-2H3,(H,26,27,31)(H2,28,29,35). The SMILES string of the molecule is Cc1nn(Cc2ccc(Cl)c(Cl)c2)c(C)c1NC(=S)Nc1ccc(S(=O)(=O)Nc2ncccn2)cc1. The van der Waals surface area contributed by atoms with Crippen molar-refractivity contribution >= 4 is 67.9 Å².